The van der Waals surface area contributed by atoms with Crippen LogP contribution in [-0.2, 0) is 25.2 Å². The van der Waals surface area contributed by atoms with Gasteiger partial charge in [-0.2, -0.15) is 26.3 Å². The van der Waals surface area contributed by atoms with Gasteiger partial charge in [-0.05, 0) is 145 Å². The van der Waals surface area contributed by atoms with Gasteiger partial charge in [0.15, 0.2) is 11.6 Å². The Hall–Kier alpha value is -9.99. The molecule has 5 N–H and O–H groups in total. The minimum Gasteiger partial charge on any atom is -0.508 e. The number of ether oxygens (including phenoxy) is 1. The molecule has 0 saturated carbocycles. The van der Waals surface area contributed by atoms with Crippen molar-refractivity contribution in [1.82, 2.24) is 19.9 Å². The Labute approximate surface area is 472 Å². The third kappa shape index (κ3) is 16.1. The number of phenols is 1. The van der Waals surface area contributed by atoms with Gasteiger partial charge in [-0.15, -0.1) is 0 Å². The van der Waals surface area contributed by atoms with E-state index in [0.29, 0.717) is 39.8 Å². The number of carbonyl (C=O) groups is 5. The number of amides is 2. The summed E-state index contributed by atoms with van der Waals surface area (Å²) in [7, 11) is 0. The van der Waals surface area contributed by atoms with E-state index in [9.17, 15) is 55.4 Å². The lowest BCUT2D eigenvalue weighted by Crippen LogP contribution is -2.14. The average Bonchev–Trinajstić information content (AvgIpc) is 3.56. The fourth-order valence-electron chi connectivity index (χ4n) is 7.45. The monoisotopic (exact) mass is 1160 g/mol. The van der Waals surface area contributed by atoms with Crippen LogP contribution in [0.15, 0.2) is 189 Å². The molecule has 0 unspecified atom stereocenters. The minimum absolute atomic E-state index is 0.0791. The lowest BCUT2D eigenvalue weighted by atomic mass is 10.0. The topological polar surface area (TPSA) is 214 Å². The quantitative estimate of drug-likeness (QED) is 0.0200. The van der Waals surface area contributed by atoms with Crippen LogP contribution >= 0.6 is 23.2 Å². The predicted octanol–water partition coefficient (Wildman–Crippen LogP) is 14.1. The molecule has 2 heterocycles. The summed E-state index contributed by atoms with van der Waals surface area (Å²) < 4.78 is 83.3. The Bertz CT molecular complexity index is 3780. The Morgan fingerprint density at radius 1 is 0.463 bits per heavy atom. The van der Waals surface area contributed by atoms with Gasteiger partial charge in [0.1, 0.15) is 11.5 Å². The Balaban J connectivity index is 0.000000219. The largest absolute Gasteiger partial charge is 0.508 e. The highest BCUT2D eigenvalue weighted by Crippen LogP contribution is 2.32. The van der Waals surface area contributed by atoms with Crippen molar-refractivity contribution in [3.05, 3.63) is 249 Å². The Morgan fingerprint density at radius 2 is 0.854 bits per heavy atom. The van der Waals surface area contributed by atoms with Crippen LogP contribution < -0.4 is 26.0 Å². The molecule has 0 atom stereocenters. The van der Waals surface area contributed by atoms with Crippen LogP contribution in [0.1, 0.15) is 74.0 Å². The number of alkyl halides is 6. The molecule has 414 valence electrons. The van der Waals surface area contributed by atoms with Crippen LogP contribution in [0.25, 0.3) is 0 Å². The predicted molar refractivity (Wildman–Crippen MR) is 294 cm³/mol. The van der Waals surface area contributed by atoms with Gasteiger partial charge >= 0.3 is 18.3 Å². The zero-order valence-corrected chi connectivity index (χ0v) is 43.5. The Morgan fingerprint density at radius 3 is 1.27 bits per heavy atom. The molecule has 0 saturated heterocycles. The van der Waals surface area contributed by atoms with Crippen LogP contribution in [0.3, 0.4) is 0 Å². The molecule has 0 aliphatic rings. The van der Waals surface area contributed by atoms with Gasteiger partial charge in [-0.25, -0.2) is 24.7 Å². The zero-order valence-electron chi connectivity index (χ0n) is 42.0. The first-order valence-electron chi connectivity index (χ1n) is 24.1. The number of esters is 1. The van der Waals surface area contributed by atoms with Crippen molar-refractivity contribution in [2.75, 3.05) is 21.3 Å². The van der Waals surface area contributed by atoms with E-state index in [2.05, 4.69) is 41.2 Å². The van der Waals surface area contributed by atoms with Gasteiger partial charge in [0.05, 0.1) is 26.7 Å². The number of nitrogens with zero attached hydrogens (tertiary/aromatic N) is 4. The van der Waals surface area contributed by atoms with Gasteiger partial charge in [0, 0.05) is 82.6 Å². The number of phenolic OH excluding ortho intramolecular Hbond substituents is 1. The number of anilines is 6. The second-order valence-corrected chi connectivity index (χ2v) is 18.4. The summed E-state index contributed by atoms with van der Waals surface area (Å²) in [5, 5.41) is 20.6. The summed E-state index contributed by atoms with van der Waals surface area (Å²) in [5.74, 6) is -1.74. The molecule has 0 bridgehead atoms. The van der Waals surface area contributed by atoms with Crippen LogP contribution in [0.2, 0.25) is 10.0 Å². The number of Topliss-reactive ketones (excluding diaryl/α,β-unsaturated/α-hetero) is 2. The van der Waals surface area contributed by atoms with Crippen molar-refractivity contribution in [3.63, 3.8) is 0 Å². The van der Waals surface area contributed by atoms with Crippen LogP contribution in [0.5, 0.6) is 11.5 Å². The van der Waals surface area contributed by atoms with E-state index >= 15 is 0 Å². The van der Waals surface area contributed by atoms with E-state index in [4.69, 9.17) is 27.9 Å². The van der Waals surface area contributed by atoms with Gasteiger partial charge in [-0.1, -0.05) is 53.5 Å². The first kappa shape index (κ1) is 58.2. The first-order valence-corrected chi connectivity index (χ1v) is 24.8. The summed E-state index contributed by atoms with van der Waals surface area (Å²) >= 11 is 12.4. The molecule has 2 aromatic heterocycles. The molecule has 7 aromatic carbocycles. The summed E-state index contributed by atoms with van der Waals surface area (Å²) in [4.78, 5) is 80.1. The number of ketones is 2. The van der Waals surface area contributed by atoms with Gasteiger partial charge in [-0.3, -0.25) is 19.2 Å². The lowest BCUT2D eigenvalue weighted by molar-refractivity contribution is -0.138. The number of hydrogen-bond acceptors (Lipinski definition) is 13. The highest BCUT2D eigenvalue weighted by molar-refractivity contribution is 6.34. The molecule has 0 spiro atoms. The standard InChI is InChI=1S/C33H22ClF3N4O4.C26H18ClF3N4O3/c34-28-14-11-25(40-30(43)22-7-4-8-23(16-22)33(35,36)37)17-27(28)29(42)15-20-18-38-32(39-19-20)41-24-9-12-26(13-10-24)45-31(44)21-5-2-1-3-6-21;27-22-9-6-19(33-24(37)16-2-1-3-17(11-16)26(28,29)30)12-21(22)23(36)10-15-13-31-25(32-14-15)34-18-4-7-20(35)8-5-18/h1-14,16-19H,15H2,(H,40,43)(H,38,39,41);1-9,11-14,35H,10H2,(H,33,37)(H,31,32,34). The molecule has 0 aliphatic carbocycles. The van der Waals surface area contributed by atoms with E-state index < -0.39 is 41.3 Å². The fraction of sp³-hybridized carbons (Fsp3) is 0.0678. The molecular formula is C59H40Cl2F6N8O7. The molecule has 23 heteroatoms. The van der Waals surface area contributed by atoms with E-state index in [1.165, 1.54) is 85.5 Å². The maximum absolute atomic E-state index is 13.0. The van der Waals surface area contributed by atoms with Crippen molar-refractivity contribution in [3.8, 4) is 11.5 Å². The number of benzene rings is 7. The van der Waals surface area contributed by atoms with Crippen molar-refractivity contribution < 1.29 is 60.2 Å². The third-order valence-corrected chi connectivity index (χ3v) is 12.2. The number of halogens is 8. The Kier molecular flexibility index (Phi) is 18.3. The molecule has 0 fully saturated rings. The highest BCUT2D eigenvalue weighted by atomic mass is 35.5. The van der Waals surface area contributed by atoms with E-state index in [-0.39, 0.29) is 79.8 Å². The number of hydrogen-bond donors (Lipinski definition) is 5. The normalized spacial score (nSPS) is 11.1. The van der Waals surface area contributed by atoms with Gasteiger partial charge in [0.2, 0.25) is 11.9 Å². The zero-order chi connectivity index (χ0) is 58.6. The number of aromatic hydroxyl groups is 1. The number of nitrogens with one attached hydrogen (secondary N) is 4. The maximum Gasteiger partial charge on any atom is 0.416 e. The molecule has 9 aromatic rings. The van der Waals surface area contributed by atoms with Crippen molar-refractivity contribution in [2.24, 2.45) is 0 Å². The van der Waals surface area contributed by atoms with E-state index in [1.807, 2.05) is 0 Å². The van der Waals surface area contributed by atoms with E-state index in [1.54, 1.807) is 66.7 Å². The number of aromatic nitrogens is 4. The molecule has 0 aliphatic heterocycles. The summed E-state index contributed by atoms with van der Waals surface area (Å²) in [6.07, 6.45) is -3.48. The lowest BCUT2D eigenvalue weighted by Gasteiger charge is -2.11. The van der Waals surface area contributed by atoms with Crippen molar-refractivity contribution >= 4 is 87.2 Å². The van der Waals surface area contributed by atoms with Gasteiger partial charge in [0.25, 0.3) is 11.8 Å². The summed E-state index contributed by atoms with van der Waals surface area (Å²) in [6.45, 7) is 0. The summed E-state index contributed by atoms with van der Waals surface area (Å²) in [6, 6.07) is 38.0. The second-order valence-electron chi connectivity index (χ2n) is 17.6. The molecule has 9 rings (SSSR count). The van der Waals surface area contributed by atoms with Crippen LogP contribution in [0, 0.1) is 0 Å². The second kappa shape index (κ2) is 25.9. The van der Waals surface area contributed by atoms with Crippen LogP contribution in [0.4, 0.5) is 61.0 Å². The molecule has 15 nitrogen and oxygen atoms in total. The highest BCUT2D eigenvalue weighted by Gasteiger charge is 2.32. The molecule has 0 radical (unpaired) electrons. The smallest absolute Gasteiger partial charge is 0.416 e. The minimum atomic E-state index is -4.60. The van der Waals surface area contributed by atoms with E-state index in [0.717, 1.165) is 36.4 Å². The summed E-state index contributed by atoms with van der Waals surface area (Å²) in [5.41, 5.74) is 1.05. The van der Waals surface area contributed by atoms with Gasteiger partial charge < -0.3 is 31.1 Å². The number of carbonyl (C=O) groups excluding carboxylic acids is 5. The average molecular weight is 1160 g/mol. The van der Waals surface area contributed by atoms with Crippen molar-refractivity contribution in [1.29, 1.82) is 0 Å². The SMILES string of the molecule is O=C(Nc1ccc(Cl)c(C(=O)Cc2cnc(Nc3ccc(O)cc3)nc2)c1)c1cccc(C(F)(F)F)c1.O=C(Nc1ccc(Cl)c(C(=O)Cc2cnc(Nc3ccc(OC(=O)c4ccccc4)cc3)nc2)c1)c1cccc(C(F)(F)F)c1. The molecule has 2 amide bonds. The third-order valence-electron chi connectivity index (χ3n) is 11.5. The molecular weight excluding hydrogens is 1120 g/mol. The van der Waals surface area contributed by atoms with Crippen LogP contribution in [-0.4, -0.2) is 54.4 Å². The first-order chi connectivity index (χ1) is 39.1. The number of rotatable bonds is 16. The van der Waals surface area contributed by atoms with Crippen molar-refractivity contribution in [2.45, 2.75) is 25.2 Å². The molecule has 82 heavy (non-hydrogen) atoms. The fourth-order valence-corrected chi connectivity index (χ4v) is 7.89. The maximum atomic E-state index is 13.0.